The third-order valence-electron chi connectivity index (χ3n) is 4.52. The summed E-state index contributed by atoms with van der Waals surface area (Å²) in [6.45, 7) is 2.45. The molecule has 8 nitrogen and oxygen atoms in total. The van der Waals surface area contributed by atoms with Gasteiger partial charge in [-0.25, -0.2) is 4.98 Å². The summed E-state index contributed by atoms with van der Waals surface area (Å²) in [5.74, 6) is 1.95. The number of H-pyrrole nitrogens is 1. The maximum atomic E-state index is 12.8. The Balaban J connectivity index is 1.72. The Morgan fingerprint density at radius 1 is 1.14 bits per heavy atom. The minimum Gasteiger partial charge on any atom is -0.497 e. The summed E-state index contributed by atoms with van der Waals surface area (Å²) in [4.78, 5) is 20.4. The van der Waals surface area contributed by atoms with E-state index in [1.165, 1.54) is 11.0 Å². The lowest BCUT2D eigenvalue weighted by Crippen LogP contribution is -2.17. The van der Waals surface area contributed by atoms with Crippen LogP contribution in [0.25, 0.3) is 21.9 Å². The highest BCUT2D eigenvalue weighted by Gasteiger charge is 2.11. The second-order valence-electron chi connectivity index (χ2n) is 6.24. The number of ether oxygens (including phenoxy) is 3. The molecule has 0 atom stereocenters. The lowest BCUT2D eigenvalue weighted by atomic mass is 10.2. The molecule has 0 saturated carbocycles. The maximum Gasteiger partial charge on any atom is 0.298 e. The molecule has 0 radical (unpaired) electrons. The van der Waals surface area contributed by atoms with Gasteiger partial charge in [0.25, 0.3) is 5.56 Å². The summed E-state index contributed by atoms with van der Waals surface area (Å²) in [5, 5.41) is 5.08. The Labute approximate surface area is 166 Å². The van der Waals surface area contributed by atoms with Crippen LogP contribution in [0.1, 0.15) is 12.5 Å². The SMILES string of the molecule is CCOc1ccc(/C=N\n2cnc3c([nH]c4ccc(OC)cc43)c2=O)cc1OC. The number of nitrogens with zero attached hydrogens (tertiary/aromatic N) is 3. The van der Waals surface area contributed by atoms with E-state index < -0.39 is 0 Å². The molecule has 1 N–H and O–H groups in total. The lowest BCUT2D eigenvalue weighted by Gasteiger charge is -2.09. The second-order valence-corrected chi connectivity index (χ2v) is 6.24. The van der Waals surface area contributed by atoms with Crippen LogP contribution < -0.4 is 19.8 Å². The van der Waals surface area contributed by atoms with E-state index in [1.807, 2.05) is 31.2 Å². The number of aromatic nitrogens is 3. The average molecular weight is 392 g/mol. The number of nitrogens with one attached hydrogen (secondary N) is 1. The molecule has 4 rings (SSSR count). The van der Waals surface area contributed by atoms with Gasteiger partial charge in [0, 0.05) is 10.9 Å². The van der Waals surface area contributed by atoms with Crippen molar-refractivity contribution in [1.29, 1.82) is 0 Å². The monoisotopic (exact) mass is 392 g/mol. The van der Waals surface area contributed by atoms with E-state index in [-0.39, 0.29) is 5.56 Å². The third kappa shape index (κ3) is 3.40. The molecule has 148 valence electrons. The number of hydrogen-bond donors (Lipinski definition) is 1. The van der Waals surface area contributed by atoms with Crippen LogP contribution in [0.4, 0.5) is 0 Å². The van der Waals surface area contributed by atoms with Gasteiger partial charge in [0.2, 0.25) is 0 Å². The molecule has 0 spiro atoms. The number of fused-ring (bicyclic) bond motifs is 3. The molecule has 8 heteroatoms. The van der Waals surface area contributed by atoms with Crippen LogP contribution in [0.5, 0.6) is 17.2 Å². The fourth-order valence-corrected chi connectivity index (χ4v) is 3.10. The quantitative estimate of drug-likeness (QED) is 0.509. The molecule has 0 aliphatic carbocycles. The number of rotatable bonds is 6. The fourth-order valence-electron chi connectivity index (χ4n) is 3.10. The zero-order valence-electron chi connectivity index (χ0n) is 16.3. The van der Waals surface area contributed by atoms with Gasteiger partial charge in [-0.1, -0.05) is 0 Å². The molecular weight excluding hydrogens is 372 g/mol. The lowest BCUT2D eigenvalue weighted by molar-refractivity contribution is 0.311. The second kappa shape index (κ2) is 7.67. The predicted octanol–water partition coefficient (Wildman–Crippen LogP) is 3.18. The predicted molar refractivity (Wildman–Crippen MR) is 112 cm³/mol. The van der Waals surface area contributed by atoms with Gasteiger partial charge in [-0.15, -0.1) is 0 Å². The van der Waals surface area contributed by atoms with Crippen LogP contribution in [0.3, 0.4) is 0 Å². The van der Waals surface area contributed by atoms with Crippen molar-refractivity contribution in [2.75, 3.05) is 20.8 Å². The van der Waals surface area contributed by atoms with Gasteiger partial charge in [-0.3, -0.25) is 4.79 Å². The number of benzene rings is 2. The van der Waals surface area contributed by atoms with Crippen LogP contribution in [-0.2, 0) is 0 Å². The first-order valence-electron chi connectivity index (χ1n) is 9.07. The van der Waals surface area contributed by atoms with Crippen LogP contribution >= 0.6 is 0 Å². The van der Waals surface area contributed by atoms with Gasteiger partial charge < -0.3 is 19.2 Å². The summed E-state index contributed by atoms with van der Waals surface area (Å²) in [5.41, 5.74) is 2.25. The molecule has 0 unspecified atom stereocenters. The van der Waals surface area contributed by atoms with Gasteiger partial charge in [-0.2, -0.15) is 9.78 Å². The van der Waals surface area contributed by atoms with Crippen molar-refractivity contribution < 1.29 is 14.2 Å². The molecular formula is C21H20N4O4. The number of aromatic amines is 1. The number of methoxy groups -OCH3 is 2. The standard InChI is InChI=1S/C21H20N4O4/c1-4-29-17-8-5-13(9-18(17)28-3)11-23-25-12-22-19-15-10-14(27-2)6-7-16(15)24-20(19)21(25)26/h5-12,24H,4H2,1-3H3/b23-11-. The smallest absolute Gasteiger partial charge is 0.298 e. The number of hydrogen-bond acceptors (Lipinski definition) is 6. The minimum atomic E-state index is -0.292. The van der Waals surface area contributed by atoms with Crippen LogP contribution in [0.2, 0.25) is 0 Å². The van der Waals surface area contributed by atoms with Crippen LogP contribution in [0.15, 0.2) is 52.6 Å². The largest absolute Gasteiger partial charge is 0.497 e. The Morgan fingerprint density at radius 3 is 2.76 bits per heavy atom. The Morgan fingerprint density at radius 2 is 2.00 bits per heavy atom. The van der Waals surface area contributed by atoms with Gasteiger partial charge in [0.15, 0.2) is 11.5 Å². The molecule has 0 bridgehead atoms. The zero-order chi connectivity index (χ0) is 20.4. The van der Waals surface area contributed by atoms with Crippen molar-refractivity contribution in [3.8, 4) is 17.2 Å². The first-order chi connectivity index (χ1) is 14.1. The zero-order valence-corrected chi connectivity index (χ0v) is 16.3. The maximum absolute atomic E-state index is 12.8. The fraction of sp³-hybridized carbons (Fsp3) is 0.190. The molecule has 0 aliphatic heterocycles. The highest BCUT2D eigenvalue weighted by molar-refractivity contribution is 6.04. The summed E-state index contributed by atoms with van der Waals surface area (Å²) in [6, 6.07) is 11.0. The van der Waals surface area contributed by atoms with Gasteiger partial charge in [0.1, 0.15) is 23.1 Å². The van der Waals surface area contributed by atoms with E-state index in [0.29, 0.717) is 34.9 Å². The highest BCUT2D eigenvalue weighted by atomic mass is 16.5. The summed E-state index contributed by atoms with van der Waals surface area (Å²) in [7, 11) is 3.17. The van der Waals surface area contributed by atoms with E-state index in [1.54, 1.807) is 32.6 Å². The molecule has 0 fully saturated rings. The summed E-state index contributed by atoms with van der Waals surface area (Å²) < 4.78 is 17.3. The molecule has 4 aromatic rings. The van der Waals surface area contributed by atoms with Crippen molar-refractivity contribution in [3.05, 3.63) is 58.6 Å². The summed E-state index contributed by atoms with van der Waals surface area (Å²) in [6.07, 6.45) is 2.97. The van der Waals surface area contributed by atoms with Crippen molar-refractivity contribution in [2.45, 2.75) is 6.92 Å². The van der Waals surface area contributed by atoms with Gasteiger partial charge in [0.05, 0.1) is 27.0 Å². The van der Waals surface area contributed by atoms with Gasteiger partial charge >= 0.3 is 0 Å². The molecule has 29 heavy (non-hydrogen) atoms. The first kappa shape index (κ1) is 18.5. The molecule has 0 aliphatic rings. The van der Waals surface area contributed by atoms with Gasteiger partial charge in [-0.05, 0) is 48.9 Å². The molecule has 2 heterocycles. The van der Waals surface area contributed by atoms with E-state index in [4.69, 9.17) is 14.2 Å². The molecule has 0 saturated heterocycles. The average Bonchev–Trinajstić information content (AvgIpc) is 3.13. The Hall–Kier alpha value is -3.81. The molecule has 2 aromatic carbocycles. The van der Waals surface area contributed by atoms with E-state index >= 15 is 0 Å². The first-order valence-corrected chi connectivity index (χ1v) is 9.07. The summed E-state index contributed by atoms with van der Waals surface area (Å²) >= 11 is 0. The van der Waals surface area contributed by atoms with Crippen LogP contribution in [0, 0.1) is 0 Å². The van der Waals surface area contributed by atoms with Crippen molar-refractivity contribution in [2.24, 2.45) is 5.10 Å². The van der Waals surface area contributed by atoms with E-state index in [9.17, 15) is 4.79 Å². The normalized spacial score (nSPS) is 11.4. The van der Waals surface area contributed by atoms with E-state index in [0.717, 1.165) is 16.5 Å². The third-order valence-corrected chi connectivity index (χ3v) is 4.52. The Kier molecular flexibility index (Phi) is 4.90. The van der Waals surface area contributed by atoms with Crippen molar-refractivity contribution in [1.82, 2.24) is 14.6 Å². The minimum absolute atomic E-state index is 0.292. The highest BCUT2D eigenvalue weighted by Crippen LogP contribution is 2.28. The van der Waals surface area contributed by atoms with E-state index in [2.05, 4.69) is 15.1 Å². The molecule has 0 amide bonds. The van der Waals surface area contributed by atoms with Crippen molar-refractivity contribution >= 4 is 28.2 Å². The van der Waals surface area contributed by atoms with Crippen LogP contribution in [-0.4, -0.2) is 41.7 Å². The Bertz CT molecular complexity index is 1270. The van der Waals surface area contributed by atoms with Crippen molar-refractivity contribution in [3.63, 3.8) is 0 Å². The molecule has 2 aromatic heterocycles. The topological polar surface area (TPSA) is 90.7 Å².